The van der Waals surface area contributed by atoms with E-state index in [0.717, 1.165) is 18.4 Å². The van der Waals surface area contributed by atoms with Gasteiger partial charge in [0.2, 0.25) is 10.0 Å². The normalized spacial score (nSPS) is 13.8. The Morgan fingerprint density at radius 2 is 1.78 bits per heavy atom. The maximum Gasteiger partial charge on any atom is 0.338 e. The fourth-order valence-corrected chi connectivity index (χ4v) is 4.48. The molecule has 1 amide bonds. The first-order valence-corrected chi connectivity index (χ1v) is 12.3. The Bertz CT molecular complexity index is 1070. The maximum atomic E-state index is 12.4. The van der Waals surface area contributed by atoms with Crippen molar-refractivity contribution >= 4 is 21.9 Å². The predicted octanol–water partition coefficient (Wildman–Crippen LogP) is 3.07. The Labute approximate surface area is 189 Å². The van der Waals surface area contributed by atoms with Gasteiger partial charge in [0.25, 0.3) is 5.91 Å². The molecule has 1 aliphatic carbocycles. The lowest BCUT2D eigenvalue weighted by Crippen LogP contribution is -2.30. The maximum absolute atomic E-state index is 12.4. The lowest BCUT2D eigenvalue weighted by Gasteiger charge is -2.11. The van der Waals surface area contributed by atoms with Crippen LogP contribution in [0, 0.1) is 6.92 Å². The van der Waals surface area contributed by atoms with Crippen molar-refractivity contribution in [2.75, 3.05) is 13.2 Å². The third-order valence-electron chi connectivity index (χ3n) is 5.36. The molecule has 3 rings (SSSR count). The summed E-state index contributed by atoms with van der Waals surface area (Å²) in [4.78, 5) is 24.5. The first kappa shape index (κ1) is 23.9. The number of benzene rings is 2. The predicted molar refractivity (Wildman–Crippen MR) is 122 cm³/mol. The molecule has 0 radical (unpaired) electrons. The molecular formula is C24H30N2O5S. The van der Waals surface area contributed by atoms with Crippen LogP contribution in [-0.2, 0) is 26.0 Å². The second kappa shape index (κ2) is 10.3. The summed E-state index contributed by atoms with van der Waals surface area (Å²) < 4.78 is 32.5. The highest BCUT2D eigenvalue weighted by Crippen LogP contribution is 2.23. The average molecular weight is 459 g/mol. The molecule has 0 saturated heterocycles. The van der Waals surface area contributed by atoms with E-state index in [9.17, 15) is 18.0 Å². The zero-order valence-electron chi connectivity index (χ0n) is 18.7. The van der Waals surface area contributed by atoms with Crippen molar-refractivity contribution in [3.8, 4) is 0 Å². The Morgan fingerprint density at radius 1 is 1.09 bits per heavy atom. The van der Waals surface area contributed by atoms with E-state index in [0.29, 0.717) is 24.4 Å². The standard InChI is InChI=1S/C24H30N2O5S/c1-16(2)19-7-5-18(6-8-19)12-13-25-23(27)15-31-24(28)22-14-21(11-4-17(22)3)32(29,30)26-20-9-10-20/h4-8,11,14,16,20,26H,9-10,12-13,15H2,1-3H3,(H,25,27). The first-order valence-electron chi connectivity index (χ1n) is 10.8. The Hall–Kier alpha value is -2.71. The van der Waals surface area contributed by atoms with Gasteiger partial charge in [0.05, 0.1) is 10.5 Å². The lowest BCUT2D eigenvalue weighted by atomic mass is 10.0. The van der Waals surface area contributed by atoms with Gasteiger partial charge < -0.3 is 10.1 Å². The highest BCUT2D eigenvalue weighted by Gasteiger charge is 2.28. The highest BCUT2D eigenvalue weighted by atomic mass is 32.2. The van der Waals surface area contributed by atoms with Crippen molar-refractivity contribution in [2.24, 2.45) is 0 Å². The number of ether oxygens (including phenoxy) is 1. The molecule has 0 bridgehead atoms. The molecule has 32 heavy (non-hydrogen) atoms. The number of esters is 1. The van der Waals surface area contributed by atoms with Gasteiger partial charge in [-0.15, -0.1) is 0 Å². The second-order valence-corrected chi connectivity index (χ2v) is 10.2. The summed E-state index contributed by atoms with van der Waals surface area (Å²) in [5.74, 6) is -0.670. The first-order chi connectivity index (χ1) is 15.2. The number of hydrogen-bond donors (Lipinski definition) is 2. The molecule has 0 spiro atoms. The molecule has 8 heteroatoms. The number of hydrogen-bond acceptors (Lipinski definition) is 5. The Morgan fingerprint density at radius 3 is 2.41 bits per heavy atom. The molecule has 172 valence electrons. The van der Waals surface area contributed by atoms with Gasteiger partial charge in [-0.05, 0) is 60.9 Å². The van der Waals surface area contributed by atoms with Crippen LogP contribution in [0.1, 0.15) is 59.7 Å². The van der Waals surface area contributed by atoms with Crippen molar-refractivity contribution in [1.29, 1.82) is 0 Å². The third kappa shape index (κ3) is 6.64. The van der Waals surface area contributed by atoms with Crippen LogP contribution in [0.4, 0.5) is 0 Å². The van der Waals surface area contributed by atoms with Crippen molar-refractivity contribution in [1.82, 2.24) is 10.0 Å². The van der Waals surface area contributed by atoms with Gasteiger partial charge in [-0.25, -0.2) is 17.9 Å². The molecule has 2 aromatic carbocycles. The molecule has 1 fully saturated rings. The van der Waals surface area contributed by atoms with Gasteiger partial charge in [-0.1, -0.05) is 44.2 Å². The Balaban J connectivity index is 1.49. The van der Waals surface area contributed by atoms with E-state index in [4.69, 9.17) is 4.74 Å². The van der Waals surface area contributed by atoms with Crippen LogP contribution in [0.5, 0.6) is 0 Å². The monoisotopic (exact) mass is 458 g/mol. The molecule has 2 N–H and O–H groups in total. The highest BCUT2D eigenvalue weighted by molar-refractivity contribution is 7.89. The molecule has 7 nitrogen and oxygen atoms in total. The summed E-state index contributed by atoms with van der Waals surface area (Å²) in [6.07, 6.45) is 2.31. The summed E-state index contributed by atoms with van der Waals surface area (Å²) in [7, 11) is -3.68. The number of carbonyl (C=O) groups is 2. The number of carbonyl (C=O) groups excluding carboxylic acids is 2. The van der Waals surface area contributed by atoms with Gasteiger partial charge in [-0.3, -0.25) is 4.79 Å². The lowest BCUT2D eigenvalue weighted by molar-refractivity contribution is -0.124. The van der Waals surface area contributed by atoms with Crippen LogP contribution in [0.15, 0.2) is 47.4 Å². The van der Waals surface area contributed by atoms with Crippen LogP contribution in [0.3, 0.4) is 0 Å². The van der Waals surface area contributed by atoms with Gasteiger partial charge in [0, 0.05) is 12.6 Å². The van der Waals surface area contributed by atoms with E-state index in [2.05, 4.69) is 36.0 Å². The van der Waals surface area contributed by atoms with E-state index in [-0.39, 0.29) is 16.5 Å². The van der Waals surface area contributed by atoms with Gasteiger partial charge in [-0.2, -0.15) is 0 Å². The minimum Gasteiger partial charge on any atom is -0.452 e. The Kier molecular flexibility index (Phi) is 7.69. The van der Waals surface area contributed by atoms with Gasteiger partial charge >= 0.3 is 5.97 Å². The summed E-state index contributed by atoms with van der Waals surface area (Å²) >= 11 is 0. The second-order valence-electron chi connectivity index (χ2n) is 8.44. The quantitative estimate of drug-likeness (QED) is 0.533. The number of amides is 1. The molecule has 2 aromatic rings. The van der Waals surface area contributed by atoms with Crippen molar-refractivity contribution in [2.45, 2.75) is 56.9 Å². The van der Waals surface area contributed by atoms with E-state index in [1.807, 2.05) is 12.1 Å². The molecule has 0 aromatic heterocycles. The van der Waals surface area contributed by atoms with E-state index in [1.165, 1.54) is 17.7 Å². The number of aryl methyl sites for hydroxylation is 1. The fraction of sp³-hybridized carbons (Fsp3) is 0.417. The molecule has 0 heterocycles. The largest absolute Gasteiger partial charge is 0.452 e. The van der Waals surface area contributed by atoms with Gasteiger partial charge in [0.15, 0.2) is 6.61 Å². The van der Waals surface area contributed by atoms with Gasteiger partial charge in [0.1, 0.15) is 0 Å². The summed E-state index contributed by atoms with van der Waals surface area (Å²) in [5.41, 5.74) is 3.08. The van der Waals surface area contributed by atoms with E-state index < -0.39 is 28.5 Å². The molecular weight excluding hydrogens is 428 g/mol. The molecule has 1 aliphatic rings. The van der Waals surface area contributed by atoms with Crippen LogP contribution >= 0.6 is 0 Å². The number of rotatable bonds is 10. The summed E-state index contributed by atoms with van der Waals surface area (Å²) in [5, 5.41) is 2.73. The molecule has 0 unspecified atom stereocenters. The molecule has 0 atom stereocenters. The fourth-order valence-electron chi connectivity index (χ4n) is 3.15. The smallest absolute Gasteiger partial charge is 0.338 e. The molecule has 0 aliphatic heterocycles. The molecule has 1 saturated carbocycles. The van der Waals surface area contributed by atoms with E-state index >= 15 is 0 Å². The number of sulfonamides is 1. The number of nitrogens with one attached hydrogen (secondary N) is 2. The summed E-state index contributed by atoms with van der Waals surface area (Å²) in [6, 6.07) is 12.5. The van der Waals surface area contributed by atoms with Crippen LogP contribution in [-0.4, -0.2) is 39.5 Å². The zero-order chi connectivity index (χ0) is 23.3. The zero-order valence-corrected chi connectivity index (χ0v) is 19.5. The summed E-state index contributed by atoms with van der Waals surface area (Å²) in [6.45, 7) is 5.96. The average Bonchev–Trinajstić information content (AvgIpc) is 3.56. The van der Waals surface area contributed by atoms with Crippen LogP contribution < -0.4 is 10.0 Å². The minimum atomic E-state index is -3.68. The van der Waals surface area contributed by atoms with E-state index in [1.54, 1.807) is 13.0 Å². The topological polar surface area (TPSA) is 102 Å². The minimum absolute atomic E-state index is 0.00915. The van der Waals surface area contributed by atoms with Crippen LogP contribution in [0.2, 0.25) is 0 Å². The van der Waals surface area contributed by atoms with Crippen molar-refractivity contribution in [3.63, 3.8) is 0 Å². The third-order valence-corrected chi connectivity index (χ3v) is 6.87. The SMILES string of the molecule is Cc1ccc(S(=O)(=O)NC2CC2)cc1C(=O)OCC(=O)NCCc1ccc(C(C)C)cc1. The van der Waals surface area contributed by atoms with Crippen molar-refractivity contribution in [3.05, 3.63) is 64.7 Å². The van der Waals surface area contributed by atoms with Crippen LogP contribution in [0.25, 0.3) is 0 Å². The van der Waals surface area contributed by atoms with Crippen molar-refractivity contribution < 1.29 is 22.7 Å².